The van der Waals surface area contributed by atoms with Crippen molar-refractivity contribution in [1.29, 1.82) is 0 Å². The van der Waals surface area contributed by atoms with Gasteiger partial charge in [0, 0.05) is 13.6 Å². The van der Waals surface area contributed by atoms with E-state index in [-0.39, 0.29) is 23.2 Å². The van der Waals surface area contributed by atoms with Crippen LogP contribution < -0.4 is 5.73 Å². The molecule has 8 heteroatoms. The van der Waals surface area contributed by atoms with E-state index in [9.17, 15) is 14.9 Å². The van der Waals surface area contributed by atoms with Gasteiger partial charge in [-0.05, 0) is 19.9 Å². The first-order chi connectivity index (χ1) is 9.32. The molecule has 1 aromatic heterocycles. The number of pyridine rings is 1. The maximum atomic E-state index is 12.2. The van der Waals surface area contributed by atoms with E-state index in [1.165, 1.54) is 11.0 Å². The normalized spacial score (nSPS) is 10.6. The van der Waals surface area contributed by atoms with Gasteiger partial charge in [-0.15, -0.1) is 0 Å². The summed E-state index contributed by atoms with van der Waals surface area (Å²) in [6, 6.07) is 1.21. The quantitative estimate of drug-likeness (QED) is 0.617. The predicted octanol–water partition coefficient (Wildman–Crippen LogP) is 1.07. The molecule has 0 unspecified atom stereocenters. The van der Waals surface area contributed by atoms with Crippen LogP contribution in [0.15, 0.2) is 12.3 Å². The van der Waals surface area contributed by atoms with E-state index in [4.69, 9.17) is 10.5 Å². The Kier molecular flexibility index (Phi) is 5.39. The summed E-state index contributed by atoms with van der Waals surface area (Å²) in [5, 5.41) is 10.9. The summed E-state index contributed by atoms with van der Waals surface area (Å²) in [4.78, 5) is 27.4. The molecule has 0 spiro atoms. The molecule has 1 aromatic rings. The minimum atomic E-state index is -0.655. The van der Waals surface area contributed by atoms with Crippen LogP contribution in [0.5, 0.6) is 0 Å². The number of rotatable bonds is 6. The van der Waals surface area contributed by atoms with Crippen molar-refractivity contribution in [2.45, 2.75) is 20.0 Å². The maximum absolute atomic E-state index is 12.2. The molecule has 0 aliphatic carbocycles. The van der Waals surface area contributed by atoms with Crippen molar-refractivity contribution in [1.82, 2.24) is 9.88 Å². The van der Waals surface area contributed by atoms with E-state index in [1.807, 2.05) is 13.8 Å². The summed E-state index contributed by atoms with van der Waals surface area (Å²) in [7, 11) is 1.55. The third kappa shape index (κ3) is 4.16. The molecular formula is C12H18N4O4. The number of hydrogen-bond acceptors (Lipinski definition) is 6. The van der Waals surface area contributed by atoms with Crippen molar-refractivity contribution in [3.63, 3.8) is 0 Å². The highest BCUT2D eigenvalue weighted by Crippen LogP contribution is 2.20. The Morgan fingerprint density at radius 2 is 2.25 bits per heavy atom. The van der Waals surface area contributed by atoms with Crippen molar-refractivity contribution in [3.8, 4) is 0 Å². The van der Waals surface area contributed by atoms with Crippen LogP contribution in [0.4, 0.5) is 11.5 Å². The second-order valence-corrected chi connectivity index (χ2v) is 4.53. The molecule has 20 heavy (non-hydrogen) atoms. The average Bonchev–Trinajstić information content (AvgIpc) is 2.36. The Hall–Kier alpha value is -2.22. The monoisotopic (exact) mass is 282 g/mol. The fraction of sp³-hybridized carbons (Fsp3) is 0.500. The van der Waals surface area contributed by atoms with Gasteiger partial charge in [-0.1, -0.05) is 0 Å². The molecule has 2 N–H and O–H groups in total. The third-order valence-corrected chi connectivity index (χ3v) is 2.56. The molecule has 1 amide bonds. The number of nitrogens with two attached hydrogens (primary N) is 1. The van der Waals surface area contributed by atoms with Gasteiger partial charge in [0.25, 0.3) is 11.6 Å². The smallest absolute Gasteiger partial charge is 0.300 e. The maximum Gasteiger partial charge on any atom is 0.300 e. The highest BCUT2D eigenvalue weighted by molar-refractivity contribution is 5.98. The molecule has 8 nitrogen and oxygen atoms in total. The number of amides is 1. The van der Waals surface area contributed by atoms with Gasteiger partial charge >= 0.3 is 0 Å². The summed E-state index contributed by atoms with van der Waals surface area (Å²) in [5.74, 6) is -0.427. The van der Waals surface area contributed by atoms with Gasteiger partial charge in [-0.25, -0.2) is 4.98 Å². The second-order valence-electron chi connectivity index (χ2n) is 4.53. The van der Waals surface area contributed by atoms with Gasteiger partial charge in [-0.2, -0.15) is 0 Å². The zero-order valence-electron chi connectivity index (χ0n) is 11.7. The second kappa shape index (κ2) is 6.80. The molecule has 0 saturated carbocycles. The first kappa shape index (κ1) is 15.8. The Labute approximate surface area is 116 Å². The zero-order chi connectivity index (χ0) is 15.3. The summed E-state index contributed by atoms with van der Waals surface area (Å²) in [6.07, 6.45) is 1.05. The largest absolute Gasteiger partial charge is 0.384 e. The molecule has 0 aromatic carbocycles. The van der Waals surface area contributed by atoms with Gasteiger partial charge in [-0.3, -0.25) is 14.9 Å². The average molecular weight is 282 g/mol. The minimum Gasteiger partial charge on any atom is -0.384 e. The lowest BCUT2D eigenvalue weighted by Crippen LogP contribution is -2.31. The van der Waals surface area contributed by atoms with Gasteiger partial charge in [0.1, 0.15) is 17.6 Å². The van der Waals surface area contributed by atoms with E-state index >= 15 is 0 Å². The van der Waals surface area contributed by atoms with Gasteiger partial charge in [0.2, 0.25) is 0 Å². The first-order valence-corrected chi connectivity index (χ1v) is 6.10. The molecule has 1 rings (SSSR count). The van der Waals surface area contributed by atoms with Crippen LogP contribution in [0, 0.1) is 10.1 Å². The summed E-state index contributed by atoms with van der Waals surface area (Å²) in [5.41, 5.74) is 5.04. The van der Waals surface area contributed by atoms with Crippen molar-refractivity contribution in [3.05, 3.63) is 27.9 Å². The molecule has 1 heterocycles. The van der Waals surface area contributed by atoms with E-state index in [1.54, 1.807) is 7.05 Å². The zero-order valence-corrected chi connectivity index (χ0v) is 11.7. The molecule has 0 atom stereocenters. The standard InChI is InChI=1S/C12H18N4O4/c1-8(2)20-5-4-15(3)12(17)9-6-11(13)14-7-10(9)16(18)19/h6-8H,4-5H2,1-3H3,(H2,13,14). The number of nitrogens with zero attached hydrogens (tertiary/aromatic N) is 3. The Bertz CT molecular complexity index is 504. The summed E-state index contributed by atoms with van der Waals surface area (Å²) < 4.78 is 5.34. The fourth-order valence-corrected chi connectivity index (χ4v) is 1.51. The molecule has 110 valence electrons. The van der Waals surface area contributed by atoms with Crippen molar-refractivity contribution >= 4 is 17.4 Å². The van der Waals surface area contributed by atoms with Gasteiger partial charge < -0.3 is 15.4 Å². The molecule has 0 aliphatic rings. The summed E-state index contributed by atoms with van der Waals surface area (Å²) >= 11 is 0. The molecule has 0 fully saturated rings. The number of nitrogen functional groups attached to an aromatic ring is 1. The third-order valence-electron chi connectivity index (χ3n) is 2.56. The topological polar surface area (TPSA) is 112 Å². The van der Waals surface area contributed by atoms with Crippen LogP contribution in [0.25, 0.3) is 0 Å². The van der Waals surface area contributed by atoms with Crippen LogP contribution >= 0.6 is 0 Å². The lowest BCUT2D eigenvalue weighted by Gasteiger charge is -2.18. The number of aromatic nitrogens is 1. The number of hydrogen-bond donors (Lipinski definition) is 1. The molecule has 0 radical (unpaired) electrons. The van der Waals surface area contributed by atoms with Gasteiger partial charge in [0.15, 0.2) is 0 Å². The Morgan fingerprint density at radius 3 is 2.80 bits per heavy atom. The highest BCUT2D eigenvalue weighted by Gasteiger charge is 2.23. The number of ether oxygens (including phenoxy) is 1. The predicted molar refractivity (Wildman–Crippen MR) is 73.4 cm³/mol. The first-order valence-electron chi connectivity index (χ1n) is 6.10. The lowest BCUT2D eigenvalue weighted by atomic mass is 10.2. The minimum absolute atomic E-state index is 0.0596. The van der Waals surface area contributed by atoms with Crippen LogP contribution in [-0.4, -0.2) is 47.0 Å². The van der Waals surface area contributed by atoms with Crippen molar-refractivity contribution in [2.75, 3.05) is 25.9 Å². The SMILES string of the molecule is CC(C)OCCN(C)C(=O)c1cc(N)ncc1[N+](=O)[O-]. The molecule has 0 bridgehead atoms. The number of anilines is 1. The van der Waals surface area contributed by atoms with Crippen LogP contribution in [0.1, 0.15) is 24.2 Å². The molecule has 0 aliphatic heterocycles. The number of nitro groups is 1. The van der Waals surface area contributed by atoms with Crippen LogP contribution in [0.2, 0.25) is 0 Å². The van der Waals surface area contributed by atoms with Gasteiger partial charge in [0.05, 0.1) is 17.6 Å². The number of carbonyl (C=O) groups is 1. The van der Waals surface area contributed by atoms with E-state index in [0.29, 0.717) is 13.2 Å². The van der Waals surface area contributed by atoms with E-state index < -0.39 is 10.8 Å². The lowest BCUT2D eigenvalue weighted by molar-refractivity contribution is -0.385. The Balaban J connectivity index is 2.85. The number of likely N-dealkylation sites (N-methyl/N-ethyl adjacent to an activating group) is 1. The number of carbonyl (C=O) groups excluding carboxylic acids is 1. The van der Waals surface area contributed by atoms with E-state index in [2.05, 4.69) is 4.98 Å². The highest BCUT2D eigenvalue weighted by atomic mass is 16.6. The van der Waals surface area contributed by atoms with E-state index in [0.717, 1.165) is 6.20 Å². The molecular weight excluding hydrogens is 264 g/mol. The fourth-order valence-electron chi connectivity index (χ4n) is 1.51. The van der Waals surface area contributed by atoms with Crippen LogP contribution in [0.3, 0.4) is 0 Å². The molecule has 0 saturated heterocycles. The van der Waals surface area contributed by atoms with Crippen LogP contribution in [-0.2, 0) is 4.74 Å². The van der Waals surface area contributed by atoms with Crippen molar-refractivity contribution < 1.29 is 14.5 Å². The Morgan fingerprint density at radius 1 is 1.60 bits per heavy atom. The van der Waals surface area contributed by atoms with Crippen molar-refractivity contribution in [2.24, 2.45) is 0 Å². The summed E-state index contributed by atoms with van der Waals surface area (Å²) in [6.45, 7) is 4.46.